The lowest BCUT2D eigenvalue weighted by atomic mass is 10.2. The molecule has 0 aliphatic carbocycles. The Hall–Kier alpha value is -1.44. The number of ether oxygens (including phenoxy) is 1. The second-order valence-electron chi connectivity index (χ2n) is 2.13. The number of rotatable bonds is 2. The zero-order chi connectivity index (χ0) is 8.10. The molecule has 0 amide bonds. The first-order chi connectivity index (χ1) is 5.33. The molecule has 0 aromatic heterocycles. The summed E-state index contributed by atoms with van der Waals surface area (Å²) in [5, 5.41) is 9.04. The molecule has 0 atom stereocenters. The molecule has 2 heteroatoms. The summed E-state index contributed by atoms with van der Waals surface area (Å²) in [6.45, 7) is 0. The number of phenolic OH excluding ortho intramolecular Hbond substituents is 1. The summed E-state index contributed by atoms with van der Waals surface area (Å²) in [6.07, 6.45) is 3.34. The molecule has 1 N–H and O–H groups in total. The van der Waals surface area contributed by atoms with Crippen LogP contribution in [0.5, 0.6) is 5.75 Å². The van der Waals surface area contributed by atoms with Crippen molar-refractivity contribution in [2.75, 3.05) is 7.11 Å². The van der Waals surface area contributed by atoms with E-state index in [1.807, 2.05) is 6.07 Å². The van der Waals surface area contributed by atoms with Gasteiger partial charge in [0.2, 0.25) is 0 Å². The molecule has 0 radical (unpaired) electrons. The van der Waals surface area contributed by atoms with Gasteiger partial charge in [0.25, 0.3) is 0 Å². The molecule has 0 unspecified atom stereocenters. The van der Waals surface area contributed by atoms with Crippen molar-refractivity contribution in [1.29, 1.82) is 0 Å². The smallest absolute Gasteiger partial charge is 0.116 e. The fraction of sp³-hybridized carbons (Fsp3) is 0.111. The Bertz CT molecular complexity index is 253. The third-order valence-electron chi connectivity index (χ3n) is 1.27. The predicted octanol–water partition coefficient (Wildman–Crippen LogP) is 2.01. The molecule has 0 saturated heterocycles. The third-order valence-corrected chi connectivity index (χ3v) is 1.27. The summed E-state index contributed by atoms with van der Waals surface area (Å²) in [7, 11) is 1.58. The average Bonchev–Trinajstić information content (AvgIpc) is 2.01. The minimum absolute atomic E-state index is 0.267. The highest BCUT2D eigenvalue weighted by Crippen LogP contribution is 2.11. The minimum atomic E-state index is 0.267. The van der Waals surface area contributed by atoms with E-state index in [4.69, 9.17) is 9.84 Å². The maximum atomic E-state index is 9.04. The van der Waals surface area contributed by atoms with Gasteiger partial charge in [-0.2, -0.15) is 0 Å². The number of phenols is 1. The van der Waals surface area contributed by atoms with Crippen molar-refractivity contribution in [3.8, 4) is 5.75 Å². The summed E-state index contributed by atoms with van der Waals surface area (Å²) in [5.41, 5.74) is 0.923. The highest BCUT2D eigenvalue weighted by Gasteiger charge is 1.87. The van der Waals surface area contributed by atoms with Crippen molar-refractivity contribution in [2.45, 2.75) is 0 Å². The Morgan fingerprint density at radius 3 is 2.91 bits per heavy atom. The zero-order valence-electron chi connectivity index (χ0n) is 6.32. The summed E-state index contributed by atoms with van der Waals surface area (Å²) in [5.74, 6) is 0.267. The third kappa shape index (κ3) is 2.34. The zero-order valence-corrected chi connectivity index (χ0v) is 6.32. The molecule has 58 valence electrons. The van der Waals surface area contributed by atoms with Crippen molar-refractivity contribution >= 4 is 6.08 Å². The molecule has 0 bridgehead atoms. The van der Waals surface area contributed by atoms with E-state index in [9.17, 15) is 0 Å². The van der Waals surface area contributed by atoms with Crippen molar-refractivity contribution in [2.24, 2.45) is 0 Å². The molecule has 0 spiro atoms. The van der Waals surface area contributed by atoms with Gasteiger partial charge in [-0.15, -0.1) is 0 Å². The molecule has 0 aliphatic heterocycles. The Balaban J connectivity index is 2.79. The number of benzene rings is 1. The van der Waals surface area contributed by atoms with Crippen molar-refractivity contribution < 1.29 is 9.84 Å². The van der Waals surface area contributed by atoms with Crippen LogP contribution in [0.3, 0.4) is 0 Å². The van der Waals surface area contributed by atoms with E-state index < -0.39 is 0 Å². The first-order valence-corrected chi connectivity index (χ1v) is 3.31. The lowest BCUT2D eigenvalue weighted by Crippen LogP contribution is -1.71. The van der Waals surface area contributed by atoms with Crippen LogP contribution in [-0.2, 0) is 4.74 Å². The maximum Gasteiger partial charge on any atom is 0.116 e. The van der Waals surface area contributed by atoms with Gasteiger partial charge in [-0.1, -0.05) is 12.1 Å². The summed E-state index contributed by atoms with van der Waals surface area (Å²) in [4.78, 5) is 0. The second kappa shape index (κ2) is 3.66. The summed E-state index contributed by atoms with van der Waals surface area (Å²) < 4.78 is 4.72. The monoisotopic (exact) mass is 150 g/mol. The number of hydrogen-bond acceptors (Lipinski definition) is 2. The van der Waals surface area contributed by atoms with Crippen molar-refractivity contribution in [1.82, 2.24) is 0 Å². The lowest BCUT2D eigenvalue weighted by molar-refractivity contribution is 0.341. The first-order valence-electron chi connectivity index (χ1n) is 3.31. The van der Waals surface area contributed by atoms with Crippen LogP contribution in [-0.4, -0.2) is 12.2 Å². The molecule has 1 aromatic carbocycles. The van der Waals surface area contributed by atoms with E-state index in [0.717, 1.165) is 5.56 Å². The highest BCUT2D eigenvalue weighted by molar-refractivity contribution is 5.50. The van der Waals surface area contributed by atoms with E-state index >= 15 is 0 Å². The van der Waals surface area contributed by atoms with Gasteiger partial charge in [0.05, 0.1) is 13.4 Å². The van der Waals surface area contributed by atoms with Crippen LogP contribution in [0.1, 0.15) is 5.56 Å². The standard InChI is InChI=1S/C9H10O2/c1-11-6-5-8-3-2-4-9(10)7-8/h2-7,10H,1H3/b6-5+. The molecule has 1 rings (SSSR count). The number of methoxy groups -OCH3 is 1. The van der Waals surface area contributed by atoms with E-state index in [1.54, 1.807) is 37.6 Å². The molecule has 0 saturated carbocycles. The first kappa shape index (κ1) is 7.66. The van der Waals surface area contributed by atoms with Gasteiger partial charge in [0.1, 0.15) is 5.75 Å². The minimum Gasteiger partial charge on any atom is -0.508 e. The molecular formula is C9H10O2. The van der Waals surface area contributed by atoms with Gasteiger partial charge < -0.3 is 9.84 Å². The van der Waals surface area contributed by atoms with E-state index in [2.05, 4.69) is 0 Å². The van der Waals surface area contributed by atoms with Crippen LogP contribution in [0.25, 0.3) is 6.08 Å². The van der Waals surface area contributed by atoms with Gasteiger partial charge in [-0.25, -0.2) is 0 Å². The SMILES string of the molecule is CO/C=C/c1cccc(O)c1. The maximum absolute atomic E-state index is 9.04. The molecule has 1 aromatic rings. The van der Waals surface area contributed by atoms with Gasteiger partial charge in [0.15, 0.2) is 0 Å². The van der Waals surface area contributed by atoms with Crippen LogP contribution in [0.4, 0.5) is 0 Å². The van der Waals surface area contributed by atoms with Gasteiger partial charge in [-0.3, -0.25) is 0 Å². The molecule has 0 aliphatic rings. The van der Waals surface area contributed by atoms with Gasteiger partial charge >= 0.3 is 0 Å². The van der Waals surface area contributed by atoms with Crippen LogP contribution in [0.15, 0.2) is 30.5 Å². The molecule has 0 heterocycles. The Morgan fingerprint density at radius 2 is 2.27 bits per heavy atom. The van der Waals surface area contributed by atoms with Crippen LogP contribution >= 0.6 is 0 Å². The highest BCUT2D eigenvalue weighted by atomic mass is 16.5. The topological polar surface area (TPSA) is 29.5 Å². The fourth-order valence-corrected chi connectivity index (χ4v) is 0.775. The molecule has 2 nitrogen and oxygen atoms in total. The van der Waals surface area contributed by atoms with E-state index in [0.29, 0.717) is 0 Å². The van der Waals surface area contributed by atoms with Crippen LogP contribution in [0, 0.1) is 0 Å². The van der Waals surface area contributed by atoms with Crippen LogP contribution < -0.4 is 0 Å². The van der Waals surface area contributed by atoms with Gasteiger partial charge in [0, 0.05) is 0 Å². The fourth-order valence-electron chi connectivity index (χ4n) is 0.775. The van der Waals surface area contributed by atoms with E-state index in [1.165, 1.54) is 0 Å². The Kier molecular flexibility index (Phi) is 2.55. The predicted molar refractivity (Wildman–Crippen MR) is 44.1 cm³/mol. The van der Waals surface area contributed by atoms with Crippen molar-refractivity contribution in [3.05, 3.63) is 36.1 Å². The van der Waals surface area contributed by atoms with Crippen molar-refractivity contribution in [3.63, 3.8) is 0 Å². The normalized spacial score (nSPS) is 10.3. The van der Waals surface area contributed by atoms with Crippen LogP contribution in [0.2, 0.25) is 0 Å². The Labute approximate surface area is 65.7 Å². The average molecular weight is 150 g/mol. The second-order valence-corrected chi connectivity index (χ2v) is 2.13. The summed E-state index contributed by atoms with van der Waals surface area (Å²) >= 11 is 0. The van der Waals surface area contributed by atoms with E-state index in [-0.39, 0.29) is 5.75 Å². The molecular weight excluding hydrogens is 140 g/mol. The molecule has 11 heavy (non-hydrogen) atoms. The number of aromatic hydroxyl groups is 1. The quantitative estimate of drug-likeness (QED) is 0.653. The summed E-state index contributed by atoms with van der Waals surface area (Å²) in [6, 6.07) is 6.96. The lowest BCUT2D eigenvalue weighted by Gasteiger charge is -1.93. The van der Waals surface area contributed by atoms with Gasteiger partial charge in [-0.05, 0) is 23.8 Å². The largest absolute Gasteiger partial charge is 0.508 e. The number of hydrogen-bond donors (Lipinski definition) is 1. The Morgan fingerprint density at radius 1 is 1.45 bits per heavy atom. The molecule has 0 fully saturated rings.